The number of carbonyl (C=O) groups excluding carboxylic acids is 1. The third-order valence-corrected chi connectivity index (χ3v) is 3.33. The summed E-state index contributed by atoms with van der Waals surface area (Å²) in [5.74, 6) is 0.686. The summed E-state index contributed by atoms with van der Waals surface area (Å²) in [6.45, 7) is 4.67. The van der Waals surface area contributed by atoms with Crippen LogP contribution in [0.5, 0.6) is 5.75 Å². The second-order valence-corrected chi connectivity index (χ2v) is 5.25. The van der Waals surface area contributed by atoms with Crippen molar-refractivity contribution in [2.24, 2.45) is 0 Å². The number of hydrogen-bond donors (Lipinski definition) is 2. The molecule has 0 unspecified atom stereocenters. The van der Waals surface area contributed by atoms with E-state index in [1.165, 1.54) is 0 Å². The van der Waals surface area contributed by atoms with Crippen LogP contribution in [0.25, 0.3) is 0 Å². The van der Waals surface area contributed by atoms with Crippen LogP contribution >= 0.6 is 11.6 Å². The van der Waals surface area contributed by atoms with Gasteiger partial charge in [0.25, 0.3) is 0 Å². The molecule has 0 aliphatic rings. The summed E-state index contributed by atoms with van der Waals surface area (Å²) in [4.78, 5) is 12.0. The maximum atomic E-state index is 12.0. The van der Waals surface area contributed by atoms with Gasteiger partial charge in [0.1, 0.15) is 5.75 Å². The van der Waals surface area contributed by atoms with Crippen LogP contribution in [0.4, 0.5) is 11.4 Å². The highest BCUT2D eigenvalue weighted by molar-refractivity contribution is 6.31. The first kappa shape index (κ1) is 16.2. The van der Waals surface area contributed by atoms with Crippen molar-refractivity contribution in [2.45, 2.75) is 13.8 Å². The smallest absolute Gasteiger partial charge is 0.243 e. The Kier molecular flexibility index (Phi) is 5.67. The third kappa shape index (κ3) is 4.67. The van der Waals surface area contributed by atoms with Crippen LogP contribution in [0.1, 0.15) is 12.5 Å². The number of ether oxygens (including phenoxy) is 1. The lowest BCUT2D eigenvalue weighted by atomic mass is 10.2. The van der Waals surface area contributed by atoms with Crippen molar-refractivity contribution in [1.29, 1.82) is 0 Å². The van der Waals surface area contributed by atoms with Crippen LogP contribution in [0.15, 0.2) is 42.5 Å². The van der Waals surface area contributed by atoms with Crippen molar-refractivity contribution < 1.29 is 9.53 Å². The Morgan fingerprint density at radius 2 is 1.91 bits per heavy atom. The molecule has 2 aromatic rings. The van der Waals surface area contributed by atoms with Gasteiger partial charge in [-0.3, -0.25) is 4.79 Å². The lowest BCUT2D eigenvalue weighted by molar-refractivity contribution is -0.114. The summed E-state index contributed by atoms with van der Waals surface area (Å²) in [6, 6.07) is 12.9. The normalized spacial score (nSPS) is 10.1. The Balaban J connectivity index is 1.88. The van der Waals surface area contributed by atoms with Gasteiger partial charge in [-0.05, 0) is 55.8 Å². The number of benzene rings is 2. The Hall–Kier alpha value is -2.20. The van der Waals surface area contributed by atoms with E-state index in [-0.39, 0.29) is 12.5 Å². The van der Waals surface area contributed by atoms with Gasteiger partial charge >= 0.3 is 0 Å². The Bertz CT molecular complexity index is 642. The van der Waals surface area contributed by atoms with Crippen LogP contribution in [-0.2, 0) is 4.79 Å². The zero-order chi connectivity index (χ0) is 15.9. The number of hydrogen-bond acceptors (Lipinski definition) is 3. The first-order valence-electron chi connectivity index (χ1n) is 7.11. The van der Waals surface area contributed by atoms with Crippen LogP contribution in [-0.4, -0.2) is 19.1 Å². The minimum Gasteiger partial charge on any atom is -0.494 e. The monoisotopic (exact) mass is 318 g/mol. The molecule has 2 N–H and O–H groups in total. The van der Waals surface area contributed by atoms with E-state index in [1.54, 1.807) is 12.1 Å². The van der Waals surface area contributed by atoms with Gasteiger partial charge in [-0.25, -0.2) is 0 Å². The maximum Gasteiger partial charge on any atom is 0.243 e. The molecule has 0 aliphatic heterocycles. The summed E-state index contributed by atoms with van der Waals surface area (Å²) < 4.78 is 5.37. The highest BCUT2D eigenvalue weighted by atomic mass is 35.5. The second-order valence-electron chi connectivity index (χ2n) is 4.82. The van der Waals surface area contributed by atoms with E-state index in [9.17, 15) is 4.79 Å². The molecule has 0 saturated heterocycles. The van der Waals surface area contributed by atoms with Crippen molar-refractivity contribution in [3.63, 3.8) is 0 Å². The van der Waals surface area contributed by atoms with Crippen LogP contribution in [0, 0.1) is 6.92 Å². The molecule has 5 heteroatoms. The van der Waals surface area contributed by atoms with Gasteiger partial charge in [0.15, 0.2) is 0 Å². The zero-order valence-electron chi connectivity index (χ0n) is 12.7. The average Bonchev–Trinajstić information content (AvgIpc) is 2.51. The molecule has 0 aliphatic carbocycles. The highest BCUT2D eigenvalue weighted by Gasteiger charge is 2.05. The van der Waals surface area contributed by atoms with Gasteiger partial charge in [-0.15, -0.1) is 0 Å². The number of nitrogens with one attached hydrogen (secondary N) is 2. The Morgan fingerprint density at radius 1 is 1.18 bits per heavy atom. The lowest BCUT2D eigenvalue weighted by Crippen LogP contribution is -2.22. The second kappa shape index (κ2) is 7.71. The summed E-state index contributed by atoms with van der Waals surface area (Å²) in [5, 5.41) is 6.51. The molecule has 116 valence electrons. The largest absolute Gasteiger partial charge is 0.494 e. The SMILES string of the molecule is CCOc1ccc(NCC(=O)Nc2cc(Cl)ccc2C)cc1. The van der Waals surface area contributed by atoms with E-state index >= 15 is 0 Å². The molecular formula is C17H19ClN2O2. The minimum absolute atomic E-state index is 0.126. The molecule has 0 radical (unpaired) electrons. The topological polar surface area (TPSA) is 50.4 Å². The molecule has 2 rings (SSSR count). The Labute approximate surface area is 135 Å². The van der Waals surface area contributed by atoms with Gasteiger partial charge in [0, 0.05) is 16.4 Å². The molecule has 0 spiro atoms. The fourth-order valence-electron chi connectivity index (χ4n) is 1.94. The summed E-state index contributed by atoms with van der Waals surface area (Å²) in [7, 11) is 0. The van der Waals surface area contributed by atoms with Crippen LogP contribution < -0.4 is 15.4 Å². The zero-order valence-corrected chi connectivity index (χ0v) is 13.4. The molecule has 22 heavy (non-hydrogen) atoms. The molecule has 0 atom stereocenters. The van der Waals surface area contributed by atoms with Gasteiger partial charge in [0.2, 0.25) is 5.91 Å². The van der Waals surface area contributed by atoms with E-state index in [4.69, 9.17) is 16.3 Å². The quantitative estimate of drug-likeness (QED) is 0.843. The molecule has 1 amide bonds. The van der Waals surface area contributed by atoms with E-state index in [0.29, 0.717) is 11.6 Å². The number of rotatable bonds is 6. The fourth-order valence-corrected chi connectivity index (χ4v) is 2.11. The molecule has 0 fully saturated rings. The number of halogens is 1. The van der Waals surface area contributed by atoms with Gasteiger partial charge in [-0.1, -0.05) is 17.7 Å². The minimum atomic E-state index is -0.126. The first-order chi connectivity index (χ1) is 10.6. The molecule has 0 bridgehead atoms. The number of aryl methyl sites for hydroxylation is 1. The average molecular weight is 319 g/mol. The van der Waals surface area contributed by atoms with E-state index in [2.05, 4.69) is 10.6 Å². The fraction of sp³-hybridized carbons (Fsp3) is 0.235. The third-order valence-electron chi connectivity index (χ3n) is 3.09. The molecular weight excluding hydrogens is 300 g/mol. The summed E-state index contributed by atoms with van der Waals surface area (Å²) >= 11 is 5.93. The standard InChI is InChI=1S/C17H19ClN2O2/c1-3-22-15-8-6-14(7-9-15)19-11-17(21)20-16-10-13(18)5-4-12(16)2/h4-10,19H,3,11H2,1-2H3,(H,20,21). The van der Waals surface area contributed by atoms with Crippen molar-refractivity contribution >= 4 is 28.9 Å². The first-order valence-corrected chi connectivity index (χ1v) is 7.49. The van der Waals surface area contributed by atoms with Gasteiger partial charge in [0.05, 0.1) is 13.2 Å². The van der Waals surface area contributed by atoms with E-state index in [1.807, 2.05) is 44.2 Å². The van der Waals surface area contributed by atoms with Crippen molar-refractivity contribution in [3.8, 4) is 5.75 Å². The number of amides is 1. The van der Waals surface area contributed by atoms with Crippen molar-refractivity contribution in [1.82, 2.24) is 0 Å². The predicted molar refractivity (Wildman–Crippen MR) is 90.9 cm³/mol. The van der Waals surface area contributed by atoms with Crippen LogP contribution in [0.2, 0.25) is 5.02 Å². The highest BCUT2D eigenvalue weighted by Crippen LogP contribution is 2.20. The summed E-state index contributed by atoms with van der Waals surface area (Å²) in [5.41, 5.74) is 2.56. The van der Waals surface area contributed by atoms with Crippen LogP contribution in [0.3, 0.4) is 0 Å². The summed E-state index contributed by atoms with van der Waals surface area (Å²) in [6.07, 6.45) is 0. The molecule has 0 saturated carbocycles. The number of carbonyl (C=O) groups is 1. The molecule has 4 nitrogen and oxygen atoms in total. The van der Waals surface area contributed by atoms with Crippen molar-refractivity contribution in [3.05, 3.63) is 53.1 Å². The Morgan fingerprint density at radius 3 is 2.59 bits per heavy atom. The van der Waals surface area contributed by atoms with E-state index in [0.717, 1.165) is 22.7 Å². The number of anilines is 2. The van der Waals surface area contributed by atoms with E-state index < -0.39 is 0 Å². The molecule has 0 aromatic heterocycles. The molecule has 0 heterocycles. The van der Waals surface area contributed by atoms with Gasteiger partial charge in [-0.2, -0.15) is 0 Å². The van der Waals surface area contributed by atoms with Gasteiger partial charge < -0.3 is 15.4 Å². The maximum absolute atomic E-state index is 12.0. The lowest BCUT2D eigenvalue weighted by Gasteiger charge is -2.11. The predicted octanol–water partition coefficient (Wildman–Crippen LogP) is 4.10. The molecule has 2 aromatic carbocycles. The van der Waals surface area contributed by atoms with Crippen molar-refractivity contribution in [2.75, 3.05) is 23.8 Å².